The minimum Gasteiger partial charge on any atom is -0.350 e. The molecule has 168 valence electrons. The summed E-state index contributed by atoms with van der Waals surface area (Å²) >= 11 is 1.52. The van der Waals surface area contributed by atoms with Crippen LogP contribution in [0.3, 0.4) is 0 Å². The van der Waals surface area contributed by atoms with Crippen molar-refractivity contribution in [2.75, 3.05) is 0 Å². The number of carbonyl (C=O) groups is 2. The topological polar surface area (TPSA) is 54.3 Å². The number of fused-ring (bicyclic) bond motifs is 3. The van der Waals surface area contributed by atoms with Crippen molar-refractivity contribution >= 4 is 33.4 Å². The fourth-order valence-electron chi connectivity index (χ4n) is 4.30. The van der Waals surface area contributed by atoms with E-state index in [9.17, 15) is 18.4 Å². The van der Waals surface area contributed by atoms with Gasteiger partial charge in [-0.05, 0) is 59.8 Å². The first kappa shape index (κ1) is 21.3. The molecule has 8 heteroatoms. The van der Waals surface area contributed by atoms with Crippen LogP contribution in [0.25, 0.3) is 10.2 Å². The molecule has 0 saturated carbocycles. The lowest BCUT2D eigenvalue weighted by Gasteiger charge is -2.44. The van der Waals surface area contributed by atoms with Gasteiger partial charge in [-0.3, -0.25) is 9.59 Å². The molecule has 5 rings (SSSR count). The molecule has 1 aliphatic rings. The van der Waals surface area contributed by atoms with Gasteiger partial charge < -0.3 is 14.8 Å². The van der Waals surface area contributed by atoms with E-state index in [4.69, 9.17) is 0 Å². The zero-order valence-electron chi connectivity index (χ0n) is 17.8. The molecular weight excluding hydrogens is 444 g/mol. The standard InChI is InChI=1S/C25H21F2N3O2S/c1-25(24(32)28-13-16-5-7-19(26)8-6-16)15-29-21(12-18-9-10-33-23(18)29)22(31)30(25)14-17-3-2-4-20(27)11-17/h2-12H,13-15H2,1H3,(H,28,32). The first-order valence-electron chi connectivity index (χ1n) is 10.5. The number of nitrogens with one attached hydrogen (secondary N) is 1. The Morgan fingerprint density at radius 2 is 1.85 bits per heavy atom. The van der Waals surface area contributed by atoms with Crippen molar-refractivity contribution < 1.29 is 18.4 Å². The van der Waals surface area contributed by atoms with Crippen molar-refractivity contribution in [2.24, 2.45) is 0 Å². The number of amides is 2. The highest BCUT2D eigenvalue weighted by molar-refractivity contribution is 7.16. The van der Waals surface area contributed by atoms with Crippen molar-refractivity contribution in [3.8, 4) is 0 Å². The second kappa shape index (κ2) is 8.12. The Kier molecular flexibility index (Phi) is 5.25. The summed E-state index contributed by atoms with van der Waals surface area (Å²) in [6.45, 7) is 2.29. The highest BCUT2D eigenvalue weighted by Gasteiger charge is 2.47. The van der Waals surface area contributed by atoms with Crippen LogP contribution in [0.1, 0.15) is 28.5 Å². The molecule has 5 nitrogen and oxygen atoms in total. The van der Waals surface area contributed by atoms with Gasteiger partial charge in [-0.15, -0.1) is 11.3 Å². The second-order valence-electron chi connectivity index (χ2n) is 8.40. The van der Waals surface area contributed by atoms with Crippen molar-refractivity contribution in [3.05, 3.63) is 94.5 Å². The van der Waals surface area contributed by atoms with Gasteiger partial charge in [0.1, 0.15) is 27.7 Å². The third kappa shape index (κ3) is 3.80. The summed E-state index contributed by atoms with van der Waals surface area (Å²) in [5, 5.41) is 5.80. The predicted octanol–water partition coefficient (Wildman–Crippen LogP) is 4.71. The van der Waals surface area contributed by atoms with Gasteiger partial charge in [0.05, 0.1) is 6.54 Å². The Balaban J connectivity index is 1.50. The molecule has 0 fully saturated rings. The monoisotopic (exact) mass is 465 g/mol. The number of nitrogens with zero attached hydrogens (tertiary/aromatic N) is 2. The van der Waals surface area contributed by atoms with Crippen LogP contribution in [-0.2, 0) is 24.4 Å². The Hall–Kier alpha value is -3.52. The van der Waals surface area contributed by atoms with E-state index in [0.717, 1.165) is 15.8 Å². The zero-order chi connectivity index (χ0) is 23.2. The number of halogens is 2. The number of hydrogen-bond donors (Lipinski definition) is 1. The summed E-state index contributed by atoms with van der Waals surface area (Å²) in [7, 11) is 0. The Morgan fingerprint density at radius 3 is 2.61 bits per heavy atom. The van der Waals surface area contributed by atoms with Gasteiger partial charge in [0, 0.05) is 18.5 Å². The molecule has 1 atom stereocenters. The largest absolute Gasteiger partial charge is 0.350 e. The number of aromatic nitrogens is 1. The normalized spacial score (nSPS) is 17.9. The van der Waals surface area contributed by atoms with Crippen LogP contribution in [0.4, 0.5) is 8.78 Å². The third-order valence-electron chi connectivity index (χ3n) is 6.11. The quantitative estimate of drug-likeness (QED) is 0.464. The lowest BCUT2D eigenvalue weighted by molar-refractivity contribution is -0.133. The van der Waals surface area contributed by atoms with E-state index in [0.29, 0.717) is 11.3 Å². The van der Waals surface area contributed by atoms with Crippen molar-refractivity contribution in [2.45, 2.75) is 32.1 Å². The van der Waals surface area contributed by atoms with Gasteiger partial charge >= 0.3 is 0 Å². The van der Waals surface area contributed by atoms with Gasteiger partial charge in [0.2, 0.25) is 5.91 Å². The van der Waals surface area contributed by atoms with Crippen molar-refractivity contribution in [3.63, 3.8) is 0 Å². The summed E-state index contributed by atoms with van der Waals surface area (Å²) < 4.78 is 28.9. The lowest BCUT2D eigenvalue weighted by Crippen LogP contribution is -2.63. The maximum Gasteiger partial charge on any atom is 0.271 e. The SMILES string of the molecule is CC1(C(=O)NCc2ccc(F)cc2)Cn2c(cc3ccsc32)C(=O)N1Cc1cccc(F)c1. The van der Waals surface area contributed by atoms with Gasteiger partial charge in [-0.1, -0.05) is 24.3 Å². The molecule has 2 aromatic heterocycles. The Morgan fingerprint density at radius 1 is 1.06 bits per heavy atom. The van der Waals surface area contributed by atoms with Crippen LogP contribution >= 0.6 is 11.3 Å². The molecule has 0 spiro atoms. The number of carbonyl (C=O) groups excluding carboxylic acids is 2. The minimum absolute atomic E-state index is 0.0931. The maximum absolute atomic E-state index is 13.8. The number of rotatable bonds is 5. The van der Waals surface area contributed by atoms with E-state index in [2.05, 4.69) is 5.32 Å². The van der Waals surface area contributed by atoms with Crippen LogP contribution in [0, 0.1) is 11.6 Å². The molecule has 2 amide bonds. The molecule has 1 aliphatic heterocycles. The van der Waals surface area contributed by atoms with Gasteiger partial charge in [0.15, 0.2) is 0 Å². The molecule has 1 N–H and O–H groups in total. The molecule has 1 unspecified atom stereocenters. The number of benzene rings is 2. The van der Waals surface area contributed by atoms with Crippen LogP contribution in [0.2, 0.25) is 0 Å². The number of thiophene rings is 1. The molecule has 0 bridgehead atoms. The molecule has 3 heterocycles. The van der Waals surface area contributed by atoms with Gasteiger partial charge in [0.25, 0.3) is 5.91 Å². The van der Waals surface area contributed by atoms with E-state index >= 15 is 0 Å². The zero-order valence-corrected chi connectivity index (χ0v) is 18.7. The molecule has 33 heavy (non-hydrogen) atoms. The fourth-order valence-corrected chi connectivity index (χ4v) is 5.20. The molecule has 0 aliphatic carbocycles. The molecule has 2 aromatic carbocycles. The predicted molar refractivity (Wildman–Crippen MR) is 123 cm³/mol. The van der Waals surface area contributed by atoms with E-state index in [-0.39, 0.29) is 37.3 Å². The highest BCUT2D eigenvalue weighted by atomic mass is 32.1. The van der Waals surface area contributed by atoms with Crippen LogP contribution in [-0.4, -0.2) is 26.8 Å². The molecule has 0 radical (unpaired) electrons. The van der Waals surface area contributed by atoms with E-state index in [1.165, 1.54) is 40.5 Å². The van der Waals surface area contributed by atoms with E-state index in [1.54, 1.807) is 31.2 Å². The first-order chi connectivity index (χ1) is 15.8. The second-order valence-corrected chi connectivity index (χ2v) is 9.30. The van der Waals surface area contributed by atoms with E-state index in [1.807, 2.05) is 22.1 Å². The highest BCUT2D eigenvalue weighted by Crippen LogP contribution is 2.35. The van der Waals surface area contributed by atoms with Crippen LogP contribution in [0.15, 0.2) is 66.0 Å². The molecular formula is C25H21F2N3O2S. The van der Waals surface area contributed by atoms with Crippen LogP contribution in [0.5, 0.6) is 0 Å². The Bertz CT molecular complexity index is 1360. The summed E-state index contributed by atoms with van der Waals surface area (Å²) in [5.41, 5.74) is 0.640. The first-order valence-corrected chi connectivity index (χ1v) is 11.4. The van der Waals surface area contributed by atoms with Crippen molar-refractivity contribution in [1.29, 1.82) is 0 Å². The third-order valence-corrected chi connectivity index (χ3v) is 7.07. The number of hydrogen-bond acceptors (Lipinski definition) is 3. The smallest absolute Gasteiger partial charge is 0.271 e. The molecule has 0 saturated heterocycles. The van der Waals surface area contributed by atoms with Crippen LogP contribution < -0.4 is 5.32 Å². The Labute approximate surface area is 193 Å². The maximum atomic E-state index is 13.8. The van der Waals surface area contributed by atoms with Crippen molar-refractivity contribution in [1.82, 2.24) is 14.8 Å². The van der Waals surface area contributed by atoms with E-state index < -0.39 is 11.4 Å². The summed E-state index contributed by atoms with van der Waals surface area (Å²) in [4.78, 5) is 29.6. The van der Waals surface area contributed by atoms with Gasteiger partial charge in [-0.2, -0.15) is 0 Å². The average Bonchev–Trinajstić information content (AvgIpc) is 3.38. The minimum atomic E-state index is -1.22. The van der Waals surface area contributed by atoms with Gasteiger partial charge in [-0.25, -0.2) is 8.78 Å². The fraction of sp³-hybridized carbons (Fsp3) is 0.200. The summed E-state index contributed by atoms with van der Waals surface area (Å²) in [6, 6.07) is 15.7. The lowest BCUT2D eigenvalue weighted by atomic mass is 9.93. The summed E-state index contributed by atoms with van der Waals surface area (Å²) in [6.07, 6.45) is 0. The molecule has 4 aromatic rings. The average molecular weight is 466 g/mol. The summed E-state index contributed by atoms with van der Waals surface area (Å²) in [5.74, 6) is -1.37.